The molecule has 0 saturated carbocycles. The fraction of sp³-hybridized carbons (Fsp3) is 0.133. The number of furan rings is 1. The standard InChI is InChI=1S/C15H14ClN3O2/c16-11-2-5-15(19-7-1-6-18-19)14(8-11)17-9-12-3-4-13(10-20)21-12/h1-8,17,20H,9-10H2. The van der Waals surface area contributed by atoms with Crippen LogP contribution in [0.2, 0.25) is 5.02 Å². The van der Waals surface area contributed by atoms with Gasteiger partial charge in [-0.15, -0.1) is 0 Å². The van der Waals surface area contributed by atoms with E-state index in [0.717, 1.165) is 17.1 Å². The van der Waals surface area contributed by atoms with Gasteiger partial charge in [-0.3, -0.25) is 0 Å². The lowest BCUT2D eigenvalue weighted by Gasteiger charge is -2.11. The van der Waals surface area contributed by atoms with Crippen molar-refractivity contribution in [2.24, 2.45) is 0 Å². The van der Waals surface area contributed by atoms with Gasteiger partial charge in [-0.25, -0.2) is 4.68 Å². The molecule has 0 aliphatic carbocycles. The molecular formula is C15H14ClN3O2. The van der Waals surface area contributed by atoms with E-state index >= 15 is 0 Å². The predicted molar refractivity (Wildman–Crippen MR) is 80.5 cm³/mol. The number of halogens is 1. The van der Waals surface area contributed by atoms with Crippen LogP contribution in [0.1, 0.15) is 11.5 Å². The Labute approximate surface area is 126 Å². The molecule has 0 amide bonds. The average molecular weight is 304 g/mol. The summed E-state index contributed by atoms with van der Waals surface area (Å²) in [6.07, 6.45) is 3.59. The number of aliphatic hydroxyl groups excluding tert-OH is 1. The number of hydrogen-bond acceptors (Lipinski definition) is 4. The van der Waals surface area contributed by atoms with E-state index in [4.69, 9.17) is 21.1 Å². The molecular weight excluding hydrogens is 290 g/mol. The molecule has 2 N–H and O–H groups in total. The Kier molecular flexibility index (Phi) is 3.94. The monoisotopic (exact) mass is 303 g/mol. The molecule has 0 radical (unpaired) electrons. The Morgan fingerprint density at radius 3 is 2.81 bits per heavy atom. The smallest absolute Gasteiger partial charge is 0.129 e. The van der Waals surface area contributed by atoms with Gasteiger partial charge in [0.25, 0.3) is 0 Å². The van der Waals surface area contributed by atoms with Crippen molar-refractivity contribution in [3.63, 3.8) is 0 Å². The molecule has 21 heavy (non-hydrogen) atoms. The van der Waals surface area contributed by atoms with Gasteiger partial charge in [0, 0.05) is 17.4 Å². The summed E-state index contributed by atoms with van der Waals surface area (Å²) in [6, 6.07) is 11.0. The van der Waals surface area contributed by atoms with E-state index in [0.29, 0.717) is 17.3 Å². The number of rotatable bonds is 5. The van der Waals surface area contributed by atoms with Gasteiger partial charge in [0.1, 0.15) is 18.1 Å². The van der Waals surface area contributed by atoms with Crippen molar-refractivity contribution in [2.45, 2.75) is 13.2 Å². The molecule has 0 unspecified atom stereocenters. The molecule has 6 heteroatoms. The second-order valence-electron chi connectivity index (χ2n) is 4.49. The number of nitrogens with zero attached hydrogens (tertiary/aromatic N) is 2. The minimum atomic E-state index is -0.101. The van der Waals surface area contributed by atoms with E-state index in [1.807, 2.05) is 36.5 Å². The first kappa shape index (κ1) is 13.7. The van der Waals surface area contributed by atoms with Gasteiger partial charge < -0.3 is 14.8 Å². The highest BCUT2D eigenvalue weighted by molar-refractivity contribution is 6.31. The lowest BCUT2D eigenvalue weighted by atomic mass is 10.2. The first-order valence-electron chi connectivity index (χ1n) is 6.48. The fourth-order valence-corrected chi connectivity index (χ4v) is 2.22. The second kappa shape index (κ2) is 6.03. The van der Waals surface area contributed by atoms with Crippen molar-refractivity contribution in [3.05, 3.63) is 65.3 Å². The first-order valence-corrected chi connectivity index (χ1v) is 6.86. The Bertz CT molecular complexity index is 722. The quantitative estimate of drug-likeness (QED) is 0.759. The average Bonchev–Trinajstić information content (AvgIpc) is 3.16. The molecule has 0 atom stereocenters. The maximum atomic E-state index is 9.00. The summed E-state index contributed by atoms with van der Waals surface area (Å²) < 4.78 is 7.21. The van der Waals surface area contributed by atoms with Crippen LogP contribution in [0.4, 0.5) is 5.69 Å². The highest BCUT2D eigenvalue weighted by atomic mass is 35.5. The molecule has 2 aromatic heterocycles. The van der Waals surface area contributed by atoms with Gasteiger partial charge in [-0.05, 0) is 36.4 Å². The van der Waals surface area contributed by atoms with E-state index in [9.17, 15) is 0 Å². The lowest BCUT2D eigenvalue weighted by molar-refractivity contribution is 0.244. The van der Waals surface area contributed by atoms with Crippen molar-refractivity contribution < 1.29 is 9.52 Å². The molecule has 0 aliphatic heterocycles. The van der Waals surface area contributed by atoms with Crippen LogP contribution in [0.5, 0.6) is 0 Å². The van der Waals surface area contributed by atoms with Gasteiger partial charge >= 0.3 is 0 Å². The van der Waals surface area contributed by atoms with Gasteiger partial charge in [0.2, 0.25) is 0 Å². The summed E-state index contributed by atoms with van der Waals surface area (Å²) in [5.41, 5.74) is 1.76. The van der Waals surface area contributed by atoms with E-state index < -0.39 is 0 Å². The highest BCUT2D eigenvalue weighted by Gasteiger charge is 2.07. The van der Waals surface area contributed by atoms with Crippen molar-refractivity contribution in [1.29, 1.82) is 0 Å². The zero-order chi connectivity index (χ0) is 14.7. The maximum absolute atomic E-state index is 9.00. The summed E-state index contributed by atoms with van der Waals surface area (Å²) in [5, 5.41) is 17.1. The third-order valence-electron chi connectivity index (χ3n) is 3.04. The number of hydrogen-bond donors (Lipinski definition) is 2. The zero-order valence-corrected chi connectivity index (χ0v) is 11.9. The lowest BCUT2D eigenvalue weighted by Crippen LogP contribution is -2.04. The SMILES string of the molecule is OCc1ccc(CNc2cc(Cl)ccc2-n2cccn2)o1. The summed E-state index contributed by atoms with van der Waals surface area (Å²) in [5.74, 6) is 1.29. The molecule has 3 rings (SSSR count). The molecule has 0 bridgehead atoms. The largest absolute Gasteiger partial charge is 0.462 e. The van der Waals surface area contributed by atoms with Crippen LogP contribution in [0, 0.1) is 0 Å². The van der Waals surface area contributed by atoms with Gasteiger partial charge in [0.05, 0.1) is 17.9 Å². The van der Waals surface area contributed by atoms with Gasteiger partial charge in [0.15, 0.2) is 0 Å². The molecule has 108 valence electrons. The van der Waals surface area contributed by atoms with E-state index in [-0.39, 0.29) is 6.61 Å². The minimum absolute atomic E-state index is 0.101. The molecule has 0 saturated heterocycles. The molecule has 1 aromatic carbocycles. The van der Waals surface area contributed by atoms with Crippen molar-refractivity contribution in [2.75, 3.05) is 5.32 Å². The molecule has 0 spiro atoms. The van der Waals surface area contributed by atoms with E-state index in [1.54, 1.807) is 16.9 Å². The first-order chi connectivity index (χ1) is 10.3. The molecule has 2 heterocycles. The number of benzene rings is 1. The topological polar surface area (TPSA) is 63.2 Å². The predicted octanol–water partition coefficient (Wildman–Crippen LogP) is 3.22. The second-order valence-corrected chi connectivity index (χ2v) is 4.93. The number of anilines is 1. The van der Waals surface area contributed by atoms with E-state index in [1.165, 1.54) is 0 Å². The van der Waals surface area contributed by atoms with Gasteiger partial charge in [-0.1, -0.05) is 11.6 Å². The highest BCUT2D eigenvalue weighted by Crippen LogP contribution is 2.25. The molecule has 0 aliphatic rings. The van der Waals surface area contributed by atoms with Crippen LogP contribution in [0.25, 0.3) is 5.69 Å². The molecule has 0 fully saturated rings. The van der Waals surface area contributed by atoms with Crippen LogP contribution in [0.3, 0.4) is 0 Å². The fourth-order valence-electron chi connectivity index (χ4n) is 2.05. The molecule has 5 nitrogen and oxygen atoms in total. The minimum Gasteiger partial charge on any atom is -0.462 e. The Balaban J connectivity index is 1.82. The summed E-state index contributed by atoms with van der Waals surface area (Å²) in [4.78, 5) is 0. The van der Waals surface area contributed by atoms with Crippen LogP contribution in [-0.2, 0) is 13.2 Å². The van der Waals surface area contributed by atoms with Crippen molar-refractivity contribution in [1.82, 2.24) is 9.78 Å². The molecule has 3 aromatic rings. The van der Waals surface area contributed by atoms with Crippen molar-refractivity contribution in [3.8, 4) is 5.69 Å². The summed E-state index contributed by atoms with van der Waals surface area (Å²) >= 11 is 6.06. The summed E-state index contributed by atoms with van der Waals surface area (Å²) in [6.45, 7) is 0.393. The normalized spacial score (nSPS) is 10.8. The Hall–Kier alpha value is -2.24. The third kappa shape index (κ3) is 3.09. The third-order valence-corrected chi connectivity index (χ3v) is 3.27. The number of nitrogens with one attached hydrogen (secondary N) is 1. The summed E-state index contributed by atoms with van der Waals surface area (Å²) in [7, 11) is 0. The zero-order valence-electron chi connectivity index (χ0n) is 11.2. The number of aliphatic hydroxyl groups is 1. The van der Waals surface area contributed by atoms with Crippen LogP contribution in [-0.4, -0.2) is 14.9 Å². The number of aromatic nitrogens is 2. The van der Waals surface area contributed by atoms with Gasteiger partial charge in [-0.2, -0.15) is 5.10 Å². The Morgan fingerprint density at radius 1 is 1.24 bits per heavy atom. The van der Waals surface area contributed by atoms with Crippen LogP contribution >= 0.6 is 11.6 Å². The van der Waals surface area contributed by atoms with Crippen LogP contribution < -0.4 is 5.32 Å². The Morgan fingerprint density at radius 2 is 2.10 bits per heavy atom. The van der Waals surface area contributed by atoms with Crippen LogP contribution in [0.15, 0.2) is 53.2 Å². The van der Waals surface area contributed by atoms with Crippen molar-refractivity contribution >= 4 is 17.3 Å². The van der Waals surface area contributed by atoms with E-state index in [2.05, 4.69) is 10.4 Å². The maximum Gasteiger partial charge on any atom is 0.129 e.